The maximum atomic E-state index is 4.33. The van der Waals surface area contributed by atoms with E-state index in [0.29, 0.717) is 6.04 Å². The minimum absolute atomic E-state index is 0.147. The number of hydrogen-bond donors (Lipinski definition) is 1. The minimum Gasteiger partial charge on any atom is -0.367 e. The molecule has 1 N–H and O–H groups in total. The lowest BCUT2D eigenvalue weighted by Crippen LogP contribution is -2.39. The average Bonchev–Trinajstić information content (AvgIpc) is 2.37. The summed E-state index contributed by atoms with van der Waals surface area (Å²) in [5.41, 5.74) is 2.82. The summed E-state index contributed by atoms with van der Waals surface area (Å²) in [7, 11) is 0. The number of hydrogen-bond acceptors (Lipinski definition) is 3. The van der Waals surface area contributed by atoms with E-state index in [-0.39, 0.29) is 5.54 Å². The van der Waals surface area contributed by atoms with Crippen molar-refractivity contribution in [1.82, 2.24) is 10.3 Å². The van der Waals surface area contributed by atoms with Crippen LogP contribution in [0.4, 0.5) is 5.69 Å². The minimum atomic E-state index is 0.147. The molecule has 1 saturated heterocycles. The van der Waals surface area contributed by atoms with Crippen molar-refractivity contribution in [3.63, 3.8) is 0 Å². The van der Waals surface area contributed by atoms with Gasteiger partial charge >= 0.3 is 0 Å². The highest BCUT2D eigenvalue weighted by Gasteiger charge is 2.21. The Morgan fingerprint density at radius 1 is 1.37 bits per heavy atom. The van der Waals surface area contributed by atoms with E-state index in [1.807, 2.05) is 12.4 Å². The molecule has 1 aliphatic rings. The molecule has 0 saturated carbocycles. The first-order valence-electron chi connectivity index (χ1n) is 7.42. The van der Waals surface area contributed by atoms with E-state index >= 15 is 0 Å². The second-order valence-electron chi connectivity index (χ2n) is 6.65. The van der Waals surface area contributed by atoms with Gasteiger partial charge in [-0.25, -0.2) is 0 Å². The van der Waals surface area contributed by atoms with Crippen molar-refractivity contribution in [3.8, 4) is 0 Å². The highest BCUT2D eigenvalue weighted by Crippen LogP contribution is 2.27. The van der Waals surface area contributed by atoms with Gasteiger partial charge < -0.3 is 10.2 Å². The Labute approximate surface area is 117 Å². The second kappa shape index (κ2) is 5.91. The fourth-order valence-electron chi connectivity index (χ4n) is 2.64. The summed E-state index contributed by atoms with van der Waals surface area (Å²) in [6.45, 7) is 11.0. The predicted octanol–water partition coefficient (Wildman–Crippen LogP) is 3.35. The van der Waals surface area contributed by atoms with Crippen LogP contribution in [0.5, 0.6) is 0 Å². The van der Waals surface area contributed by atoms with Crippen LogP contribution in [-0.4, -0.2) is 23.1 Å². The summed E-state index contributed by atoms with van der Waals surface area (Å²) in [5.74, 6) is 0. The molecule has 1 aliphatic heterocycles. The number of anilines is 1. The molecule has 0 spiro atoms. The zero-order valence-corrected chi connectivity index (χ0v) is 12.7. The van der Waals surface area contributed by atoms with Crippen molar-refractivity contribution in [3.05, 3.63) is 24.0 Å². The third-order valence-corrected chi connectivity index (χ3v) is 3.81. The van der Waals surface area contributed by atoms with Gasteiger partial charge in [-0.15, -0.1) is 0 Å². The van der Waals surface area contributed by atoms with Crippen molar-refractivity contribution in [1.29, 1.82) is 0 Å². The molecule has 2 heterocycles. The van der Waals surface area contributed by atoms with Crippen LogP contribution >= 0.6 is 0 Å². The van der Waals surface area contributed by atoms with E-state index in [9.17, 15) is 0 Å². The molecule has 1 fully saturated rings. The Kier molecular flexibility index (Phi) is 4.46. The van der Waals surface area contributed by atoms with Crippen molar-refractivity contribution in [2.45, 2.75) is 65.1 Å². The van der Waals surface area contributed by atoms with E-state index in [2.05, 4.69) is 49.0 Å². The van der Waals surface area contributed by atoms with Gasteiger partial charge in [0.2, 0.25) is 0 Å². The number of nitrogens with one attached hydrogen (secondary N) is 1. The van der Waals surface area contributed by atoms with E-state index in [0.717, 1.165) is 13.1 Å². The fourth-order valence-corrected chi connectivity index (χ4v) is 2.64. The Hall–Kier alpha value is -1.09. The van der Waals surface area contributed by atoms with Crippen molar-refractivity contribution >= 4 is 5.69 Å². The third kappa shape index (κ3) is 3.93. The summed E-state index contributed by atoms with van der Waals surface area (Å²) >= 11 is 0. The molecular weight excluding hydrogens is 234 g/mol. The number of rotatable bonds is 3. The Morgan fingerprint density at radius 3 is 2.84 bits per heavy atom. The smallest absolute Gasteiger partial charge is 0.0600 e. The van der Waals surface area contributed by atoms with Gasteiger partial charge in [-0.05, 0) is 58.6 Å². The molecule has 2 rings (SSSR count). The van der Waals surface area contributed by atoms with Crippen LogP contribution < -0.4 is 10.2 Å². The molecule has 1 aromatic heterocycles. The zero-order chi connectivity index (χ0) is 13.9. The lowest BCUT2D eigenvalue weighted by atomic mass is 10.0. The predicted molar refractivity (Wildman–Crippen MR) is 81.5 cm³/mol. The van der Waals surface area contributed by atoms with E-state index < -0.39 is 0 Å². The van der Waals surface area contributed by atoms with Crippen LogP contribution in [-0.2, 0) is 6.54 Å². The number of piperidine rings is 1. The molecular formula is C16H27N3. The molecule has 3 nitrogen and oxygen atoms in total. The molecule has 0 aromatic carbocycles. The molecule has 0 bridgehead atoms. The fraction of sp³-hybridized carbons (Fsp3) is 0.688. The summed E-state index contributed by atoms with van der Waals surface area (Å²) < 4.78 is 0. The van der Waals surface area contributed by atoms with Crippen molar-refractivity contribution < 1.29 is 0 Å². The van der Waals surface area contributed by atoms with Crippen LogP contribution in [0.2, 0.25) is 0 Å². The number of aromatic nitrogens is 1. The third-order valence-electron chi connectivity index (χ3n) is 3.81. The van der Waals surface area contributed by atoms with Gasteiger partial charge in [0, 0.05) is 30.9 Å². The first-order chi connectivity index (χ1) is 8.97. The van der Waals surface area contributed by atoms with Gasteiger partial charge in [0.15, 0.2) is 0 Å². The van der Waals surface area contributed by atoms with Crippen molar-refractivity contribution in [2.75, 3.05) is 11.4 Å². The second-order valence-corrected chi connectivity index (χ2v) is 6.65. The molecule has 1 aromatic rings. The molecule has 0 aliphatic carbocycles. The highest BCUT2D eigenvalue weighted by atomic mass is 15.2. The highest BCUT2D eigenvalue weighted by molar-refractivity contribution is 5.52. The SMILES string of the molecule is CC1CCCCN1c1cnccc1CNC(C)(C)C. The monoisotopic (exact) mass is 261 g/mol. The topological polar surface area (TPSA) is 28.2 Å². The zero-order valence-electron chi connectivity index (χ0n) is 12.7. The lowest BCUT2D eigenvalue weighted by molar-refractivity contribution is 0.422. The summed E-state index contributed by atoms with van der Waals surface area (Å²) in [6.07, 6.45) is 7.87. The number of pyridine rings is 1. The Morgan fingerprint density at radius 2 is 2.16 bits per heavy atom. The van der Waals surface area contributed by atoms with E-state index in [1.54, 1.807) is 0 Å². The largest absolute Gasteiger partial charge is 0.367 e. The molecule has 0 amide bonds. The van der Waals surface area contributed by atoms with Gasteiger partial charge in [0.1, 0.15) is 0 Å². The number of nitrogens with zero attached hydrogens (tertiary/aromatic N) is 2. The van der Waals surface area contributed by atoms with Crippen LogP contribution in [0.25, 0.3) is 0 Å². The van der Waals surface area contributed by atoms with Crippen molar-refractivity contribution in [2.24, 2.45) is 0 Å². The van der Waals surface area contributed by atoms with E-state index in [4.69, 9.17) is 0 Å². The Bertz CT molecular complexity index is 409. The average molecular weight is 261 g/mol. The maximum absolute atomic E-state index is 4.33. The molecule has 19 heavy (non-hydrogen) atoms. The van der Waals surface area contributed by atoms with Gasteiger partial charge in [-0.1, -0.05) is 0 Å². The summed E-state index contributed by atoms with van der Waals surface area (Å²) in [6, 6.07) is 2.78. The first kappa shape index (κ1) is 14.3. The summed E-state index contributed by atoms with van der Waals surface area (Å²) in [5, 5.41) is 3.58. The van der Waals surface area contributed by atoms with E-state index in [1.165, 1.54) is 30.5 Å². The molecule has 0 radical (unpaired) electrons. The van der Waals surface area contributed by atoms with Gasteiger partial charge in [-0.2, -0.15) is 0 Å². The molecule has 106 valence electrons. The normalized spacial score (nSPS) is 20.6. The maximum Gasteiger partial charge on any atom is 0.0600 e. The Balaban J connectivity index is 2.15. The van der Waals surface area contributed by atoms with Gasteiger partial charge in [0.05, 0.1) is 11.9 Å². The molecule has 3 heteroatoms. The van der Waals surface area contributed by atoms with Crippen LogP contribution in [0, 0.1) is 0 Å². The van der Waals surface area contributed by atoms with Gasteiger partial charge in [-0.3, -0.25) is 4.98 Å². The summed E-state index contributed by atoms with van der Waals surface area (Å²) in [4.78, 5) is 6.85. The molecule has 1 unspecified atom stereocenters. The quantitative estimate of drug-likeness (QED) is 0.904. The molecule has 1 atom stereocenters. The standard InChI is InChI=1S/C16H27N3/c1-13-7-5-6-10-19(13)15-12-17-9-8-14(15)11-18-16(2,3)4/h8-9,12-13,18H,5-7,10-11H2,1-4H3. The lowest BCUT2D eigenvalue weighted by Gasteiger charge is -2.36. The van der Waals surface area contributed by atoms with Crippen LogP contribution in [0.3, 0.4) is 0 Å². The van der Waals surface area contributed by atoms with Crippen LogP contribution in [0.15, 0.2) is 18.5 Å². The first-order valence-corrected chi connectivity index (χ1v) is 7.42. The van der Waals surface area contributed by atoms with Crippen LogP contribution in [0.1, 0.15) is 52.5 Å². The van der Waals surface area contributed by atoms with Gasteiger partial charge in [0.25, 0.3) is 0 Å².